The maximum Gasteiger partial charge on any atom is 0.373 e. The second kappa shape index (κ2) is 6.24. The molecule has 0 aliphatic carbocycles. The van der Waals surface area contributed by atoms with Gasteiger partial charge in [-0.1, -0.05) is 0 Å². The topological polar surface area (TPSA) is 103 Å². The minimum atomic E-state index is -0.591. The normalized spacial score (nSPS) is 10.1. The number of ether oxygens (including phenoxy) is 1. The number of halogens is 1. The van der Waals surface area contributed by atoms with Gasteiger partial charge in [-0.05, 0) is 35.0 Å². The number of pyridine rings is 1. The monoisotopic (exact) mass is 339 g/mol. The first-order valence-electron chi connectivity index (χ1n) is 5.62. The number of nitro groups is 1. The van der Waals surface area contributed by atoms with Crippen LogP contribution in [0, 0.1) is 10.1 Å². The summed E-state index contributed by atoms with van der Waals surface area (Å²) < 4.78 is 5.94. The van der Waals surface area contributed by atoms with E-state index < -0.39 is 4.92 Å². The van der Waals surface area contributed by atoms with Crippen molar-refractivity contribution in [2.45, 2.75) is 6.92 Å². The van der Waals surface area contributed by atoms with Crippen LogP contribution in [-0.2, 0) is 0 Å². The van der Waals surface area contributed by atoms with Crippen molar-refractivity contribution in [3.63, 3.8) is 0 Å². The Labute approximate surface area is 122 Å². The van der Waals surface area contributed by atoms with Gasteiger partial charge in [0.05, 0.1) is 11.5 Å². The Balaban J connectivity index is 2.37. The molecule has 2 aromatic heterocycles. The summed E-state index contributed by atoms with van der Waals surface area (Å²) in [4.78, 5) is 22.2. The molecule has 20 heavy (non-hydrogen) atoms. The average molecular weight is 340 g/mol. The minimum Gasteiger partial charge on any atom is -0.473 e. The quantitative estimate of drug-likeness (QED) is 0.659. The van der Waals surface area contributed by atoms with Gasteiger partial charge in [-0.3, -0.25) is 10.1 Å². The van der Waals surface area contributed by atoms with Crippen molar-refractivity contribution >= 4 is 33.3 Å². The van der Waals surface area contributed by atoms with E-state index in [1.54, 1.807) is 25.3 Å². The molecule has 0 amide bonds. The SMILES string of the molecule is CCOc1ncnc(Nc2ccc(Br)cn2)c1[N+](=O)[O-]. The molecule has 0 fully saturated rings. The van der Waals surface area contributed by atoms with Crippen LogP contribution in [0.1, 0.15) is 6.92 Å². The fourth-order valence-corrected chi connectivity index (χ4v) is 1.67. The minimum absolute atomic E-state index is 0.0308. The third-order valence-electron chi connectivity index (χ3n) is 2.23. The van der Waals surface area contributed by atoms with E-state index >= 15 is 0 Å². The Morgan fingerprint density at radius 3 is 2.80 bits per heavy atom. The van der Waals surface area contributed by atoms with Gasteiger partial charge in [-0.15, -0.1) is 0 Å². The molecule has 104 valence electrons. The van der Waals surface area contributed by atoms with E-state index in [1.165, 1.54) is 6.33 Å². The molecular formula is C11H10BrN5O3. The summed E-state index contributed by atoms with van der Waals surface area (Å²) in [7, 11) is 0. The van der Waals surface area contributed by atoms with Gasteiger partial charge in [0, 0.05) is 10.7 Å². The first kappa shape index (κ1) is 14.1. The van der Waals surface area contributed by atoms with E-state index in [4.69, 9.17) is 4.74 Å². The van der Waals surface area contributed by atoms with Crippen LogP contribution in [-0.4, -0.2) is 26.5 Å². The number of hydrogen-bond acceptors (Lipinski definition) is 7. The van der Waals surface area contributed by atoms with E-state index in [9.17, 15) is 10.1 Å². The zero-order valence-electron chi connectivity index (χ0n) is 10.4. The number of aromatic nitrogens is 3. The molecule has 2 aromatic rings. The number of anilines is 2. The van der Waals surface area contributed by atoms with Gasteiger partial charge in [0.2, 0.25) is 5.82 Å². The predicted molar refractivity (Wildman–Crippen MR) is 75.1 cm³/mol. The van der Waals surface area contributed by atoms with Gasteiger partial charge in [-0.2, -0.15) is 4.98 Å². The molecule has 1 N–H and O–H groups in total. The molecule has 0 unspecified atom stereocenters. The molecule has 0 aliphatic heterocycles. The van der Waals surface area contributed by atoms with E-state index in [0.717, 1.165) is 4.47 Å². The van der Waals surface area contributed by atoms with Crippen LogP contribution in [0.3, 0.4) is 0 Å². The van der Waals surface area contributed by atoms with Crippen LogP contribution < -0.4 is 10.1 Å². The van der Waals surface area contributed by atoms with Gasteiger partial charge in [0.25, 0.3) is 5.88 Å². The van der Waals surface area contributed by atoms with Crippen molar-refractivity contribution in [1.29, 1.82) is 0 Å². The summed E-state index contributed by atoms with van der Waals surface area (Å²) in [5, 5.41) is 13.9. The van der Waals surface area contributed by atoms with Crippen LogP contribution in [0.5, 0.6) is 5.88 Å². The number of nitrogens with zero attached hydrogens (tertiary/aromatic N) is 4. The van der Waals surface area contributed by atoms with Crippen molar-refractivity contribution in [3.8, 4) is 5.88 Å². The molecule has 0 aliphatic rings. The Hall–Kier alpha value is -2.29. The lowest BCUT2D eigenvalue weighted by Crippen LogP contribution is -2.05. The van der Waals surface area contributed by atoms with E-state index in [0.29, 0.717) is 5.82 Å². The maximum atomic E-state index is 11.1. The number of rotatable bonds is 5. The van der Waals surface area contributed by atoms with Gasteiger partial charge < -0.3 is 10.1 Å². The van der Waals surface area contributed by atoms with Crippen molar-refractivity contribution in [2.75, 3.05) is 11.9 Å². The molecule has 0 bridgehead atoms. The smallest absolute Gasteiger partial charge is 0.373 e. The molecule has 2 rings (SSSR count). The van der Waals surface area contributed by atoms with Crippen LogP contribution in [0.15, 0.2) is 29.1 Å². The van der Waals surface area contributed by atoms with E-state index in [2.05, 4.69) is 36.2 Å². The lowest BCUT2D eigenvalue weighted by atomic mass is 10.4. The highest BCUT2D eigenvalue weighted by atomic mass is 79.9. The molecule has 0 saturated carbocycles. The van der Waals surface area contributed by atoms with Gasteiger partial charge in [0.1, 0.15) is 12.1 Å². The van der Waals surface area contributed by atoms with Crippen LogP contribution in [0.4, 0.5) is 17.3 Å². The van der Waals surface area contributed by atoms with Gasteiger partial charge in [0.15, 0.2) is 0 Å². The van der Waals surface area contributed by atoms with E-state index in [1.807, 2.05) is 0 Å². The number of hydrogen-bond donors (Lipinski definition) is 1. The lowest BCUT2D eigenvalue weighted by molar-refractivity contribution is -0.385. The fraction of sp³-hybridized carbons (Fsp3) is 0.182. The van der Waals surface area contributed by atoms with Crippen molar-refractivity contribution < 1.29 is 9.66 Å². The Morgan fingerprint density at radius 1 is 1.40 bits per heavy atom. The van der Waals surface area contributed by atoms with Crippen LogP contribution in [0.25, 0.3) is 0 Å². The van der Waals surface area contributed by atoms with Gasteiger partial charge >= 0.3 is 5.69 Å². The average Bonchev–Trinajstić information content (AvgIpc) is 2.41. The van der Waals surface area contributed by atoms with Crippen LogP contribution in [0.2, 0.25) is 0 Å². The largest absolute Gasteiger partial charge is 0.473 e. The van der Waals surface area contributed by atoms with Gasteiger partial charge in [-0.25, -0.2) is 9.97 Å². The molecule has 8 nitrogen and oxygen atoms in total. The Kier molecular flexibility index (Phi) is 4.41. The molecule has 0 spiro atoms. The van der Waals surface area contributed by atoms with Crippen molar-refractivity contribution in [1.82, 2.24) is 15.0 Å². The molecule has 0 radical (unpaired) electrons. The highest BCUT2D eigenvalue weighted by Gasteiger charge is 2.24. The first-order chi connectivity index (χ1) is 9.61. The third-order valence-corrected chi connectivity index (χ3v) is 2.70. The number of nitrogens with one attached hydrogen (secondary N) is 1. The highest BCUT2D eigenvalue weighted by molar-refractivity contribution is 9.10. The van der Waals surface area contributed by atoms with E-state index in [-0.39, 0.29) is 24.0 Å². The molecule has 9 heteroatoms. The van der Waals surface area contributed by atoms with Crippen molar-refractivity contribution in [3.05, 3.63) is 39.2 Å². The summed E-state index contributed by atoms with van der Waals surface area (Å²) in [6.07, 6.45) is 2.76. The molecule has 2 heterocycles. The highest BCUT2D eigenvalue weighted by Crippen LogP contribution is 2.32. The van der Waals surface area contributed by atoms with Crippen molar-refractivity contribution in [2.24, 2.45) is 0 Å². The maximum absolute atomic E-state index is 11.1. The zero-order chi connectivity index (χ0) is 14.5. The summed E-state index contributed by atoms with van der Waals surface area (Å²) in [6, 6.07) is 3.42. The second-order valence-electron chi connectivity index (χ2n) is 3.55. The fourth-order valence-electron chi connectivity index (χ4n) is 1.43. The molecule has 0 aromatic carbocycles. The molecule has 0 atom stereocenters. The summed E-state index contributed by atoms with van der Waals surface area (Å²) in [6.45, 7) is 1.99. The summed E-state index contributed by atoms with van der Waals surface area (Å²) in [5.74, 6) is 0.382. The molecular weight excluding hydrogens is 330 g/mol. The zero-order valence-corrected chi connectivity index (χ0v) is 12.0. The summed E-state index contributed by atoms with van der Waals surface area (Å²) >= 11 is 3.26. The summed E-state index contributed by atoms with van der Waals surface area (Å²) in [5.41, 5.74) is -0.320. The predicted octanol–water partition coefficient (Wildman–Crippen LogP) is 2.68. The third kappa shape index (κ3) is 3.18. The van der Waals surface area contributed by atoms with Crippen LogP contribution >= 0.6 is 15.9 Å². The Morgan fingerprint density at radius 2 is 2.20 bits per heavy atom. The lowest BCUT2D eigenvalue weighted by Gasteiger charge is -2.07. The molecule has 0 saturated heterocycles. The standard InChI is InChI=1S/C11H10BrN5O3/c1-2-20-11-9(17(18)19)10(14-6-15-11)16-8-4-3-7(12)5-13-8/h3-6H,2H2,1H3,(H,13,14,15,16). The second-order valence-corrected chi connectivity index (χ2v) is 4.47. The first-order valence-corrected chi connectivity index (χ1v) is 6.42. The Bertz CT molecular complexity index is 620.